The van der Waals surface area contributed by atoms with Gasteiger partial charge in [0.1, 0.15) is 5.82 Å². The number of amides is 1. The number of ether oxygens (including phenoxy) is 1. The molecule has 0 atom stereocenters. The van der Waals surface area contributed by atoms with Gasteiger partial charge in [0.2, 0.25) is 5.91 Å². The fraction of sp³-hybridized carbons (Fsp3) is 0.600. The molecule has 1 aromatic heterocycles. The monoisotopic (exact) mass is 209 g/mol. The van der Waals surface area contributed by atoms with Crippen LogP contribution >= 0.6 is 0 Å². The number of nitrogens with zero attached hydrogens (tertiary/aromatic N) is 1. The Morgan fingerprint density at radius 2 is 2.40 bits per heavy atom. The molecule has 1 aliphatic heterocycles. The Kier molecular flexibility index (Phi) is 3.34. The number of aromatic nitrogens is 2. The second kappa shape index (κ2) is 4.93. The lowest BCUT2D eigenvalue weighted by atomic mass is 9.99. The number of carbonyl (C=O) groups excluding carboxylic acids is 1. The first kappa shape index (κ1) is 10.2. The van der Waals surface area contributed by atoms with Gasteiger partial charge in [-0.15, -0.1) is 0 Å². The minimum atomic E-state index is 0.105. The van der Waals surface area contributed by atoms with Crippen LogP contribution in [-0.4, -0.2) is 29.1 Å². The van der Waals surface area contributed by atoms with Gasteiger partial charge in [-0.3, -0.25) is 4.79 Å². The predicted octanol–water partition coefficient (Wildman–Crippen LogP) is 0.452. The second-order valence-corrected chi connectivity index (χ2v) is 3.64. The molecule has 5 heteroatoms. The first-order valence-corrected chi connectivity index (χ1v) is 5.20. The molecule has 2 rings (SSSR count). The lowest BCUT2D eigenvalue weighted by Crippen LogP contribution is -2.34. The molecule has 15 heavy (non-hydrogen) atoms. The topological polar surface area (TPSA) is 67.0 Å². The Balaban J connectivity index is 1.76. The molecule has 0 radical (unpaired) electrons. The first-order chi connectivity index (χ1) is 7.36. The van der Waals surface area contributed by atoms with Crippen molar-refractivity contribution < 1.29 is 9.53 Å². The van der Waals surface area contributed by atoms with Gasteiger partial charge in [0, 0.05) is 31.5 Å². The molecule has 2 N–H and O–H groups in total. The molecule has 0 unspecified atom stereocenters. The summed E-state index contributed by atoms with van der Waals surface area (Å²) in [5, 5.41) is 2.87. The standard InChI is InChI=1S/C10H15N3O2/c14-10(8-1-5-15-6-2-8)13-7-9-11-3-4-12-9/h3-4,8H,1-2,5-7H2,(H,11,12)(H,13,14). The first-order valence-electron chi connectivity index (χ1n) is 5.20. The van der Waals surface area contributed by atoms with Crippen LogP contribution in [0.5, 0.6) is 0 Å². The van der Waals surface area contributed by atoms with Crippen LogP contribution in [0.4, 0.5) is 0 Å². The molecule has 1 aliphatic rings. The van der Waals surface area contributed by atoms with E-state index in [0.717, 1.165) is 18.7 Å². The van der Waals surface area contributed by atoms with Crippen molar-refractivity contribution in [2.45, 2.75) is 19.4 Å². The average Bonchev–Trinajstić information content (AvgIpc) is 2.80. The third kappa shape index (κ3) is 2.79. The van der Waals surface area contributed by atoms with E-state index in [1.165, 1.54) is 0 Å². The van der Waals surface area contributed by atoms with Crippen molar-refractivity contribution in [3.63, 3.8) is 0 Å². The van der Waals surface area contributed by atoms with Crippen molar-refractivity contribution in [2.75, 3.05) is 13.2 Å². The van der Waals surface area contributed by atoms with Crippen LogP contribution in [0.15, 0.2) is 12.4 Å². The van der Waals surface area contributed by atoms with Gasteiger partial charge in [0.25, 0.3) is 0 Å². The van der Waals surface area contributed by atoms with E-state index < -0.39 is 0 Å². The molecular weight excluding hydrogens is 194 g/mol. The highest BCUT2D eigenvalue weighted by Gasteiger charge is 2.21. The molecule has 2 heterocycles. The van der Waals surface area contributed by atoms with Gasteiger partial charge in [-0.25, -0.2) is 4.98 Å². The number of nitrogens with one attached hydrogen (secondary N) is 2. The van der Waals surface area contributed by atoms with E-state index in [2.05, 4.69) is 15.3 Å². The van der Waals surface area contributed by atoms with Gasteiger partial charge < -0.3 is 15.0 Å². The number of hydrogen-bond acceptors (Lipinski definition) is 3. The molecule has 1 amide bonds. The summed E-state index contributed by atoms with van der Waals surface area (Å²) in [6.07, 6.45) is 5.07. The summed E-state index contributed by atoms with van der Waals surface area (Å²) in [4.78, 5) is 18.7. The lowest BCUT2D eigenvalue weighted by molar-refractivity contribution is -0.128. The molecular formula is C10H15N3O2. The molecule has 1 saturated heterocycles. The Morgan fingerprint density at radius 3 is 3.07 bits per heavy atom. The third-order valence-electron chi connectivity index (χ3n) is 2.58. The van der Waals surface area contributed by atoms with E-state index in [0.29, 0.717) is 19.8 Å². The molecule has 0 saturated carbocycles. The van der Waals surface area contributed by atoms with Gasteiger partial charge in [-0.2, -0.15) is 0 Å². The van der Waals surface area contributed by atoms with Crippen LogP contribution in [0.3, 0.4) is 0 Å². The van der Waals surface area contributed by atoms with Gasteiger partial charge in [-0.05, 0) is 12.8 Å². The number of imidazole rings is 1. The van der Waals surface area contributed by atoms with Crippen LogP contribution in [0.25, 0.3) is 0 Å². The Labute approximate surface area is 88.2 Å². The van der Waals surface area contributed by atoms with Gasteiger partial charge in [0.15, 0.2) is 0 Å². The van der Waals surface area contributed by atoms with Crippen molar-refractivity contribution in [1.82, 2.24) is 15.3 Å². The van der Waals surface area contributed by atoms with Crippen LogP contribution in [0.2, 0.25) is 0 Å². The largest absolute Gasteiger partial charge is 0.381 e. The fourth-order valence-electron chi connectivity index (χ4n) is 1.67. The zero-order chi connectivity index (χ0) is 10.5. The minimum absolute atomic E-state index is 0.105. The van der Waals surface area contributed by atoms with Crippen molar-refractivity contribution in [3.8, 4) is 0 Å². The molecule has 0 bridgehead atoms. The van der Waals surface area contributed by atoms with E-state index in [-0.39, 0.29) is 11.8 Å². The molecule has 1 fully saturated rings. The number of H-pyrrole nitrogens is 1. The average molecular weight is 209 g/mol. The lowest BCUT2D eigenvalue weighted by Gasteiger charge is -2.20. The van der Waals surface area contributed by atoms with E-state index in [9.17, 15) is 4.79 Å². The summed E-state index contributed by atoms with van der Waals surface area (Å²) in [6, 6.07) is 0. The number of rotatable bonds is 3. The highest BCUT2D eigenvalue weighted by Crippen LogP contribution is 2.14. The van der Waals surface area contributed by atoms with Crippen LogP contribution in [0, 0.1) is 5.92 Å². The summed E-state index contributed by atoms with van der Waals surface area (Å²) >= 11 is 0. The zero-order valence-electron chi connectivity index (χ0n) is 8.53. The smallest absolute Gasteiger partial charge is 0.223 e. The summed E-state index contributed by atoms with van der Waals surface area (Å²) in [7, 11) is 0. The third-order valence-corrected chi connectivity index (χ3v) is 2.58. The highest BCUT2D eigenvalue weighted by molar-refractivity contribution is 5.78. The second-order valence-electron chi connectivity index (χ2n) is 3.64. The van der Waals surface area contributed by atoms with Crippen molar-refractivity contribution in [1.29, 1.82) is 0 Å². The normalized spacial score (nSPS) is 17.6. The van der Waals surface area contributed by atoms with Crippen molar-refractivity contribution in [3.05, 3.63) is 18.2 Å². The SMILES string of the molecule is O=C(NCc1ncc[nH]1)C1CCOCC1. The molecule has 82 valence electrons. The van der Waals surface area contributed by atoms with Gasteiger partial charge in [0.05, 0.1) is 6.54 Å². The van der Waals surface area contributed by atoms with Crippen LogP contribution in [-0.2, 0) is 16.1 Å². The summed E-state index contributed by atoms with van der Waals surface area (Å²) in [5.41, 5.74) is 0. The Hall–Kier alpha value is -1.36. The van der Waals surface area contributed by atoms with Gasteiger partial charge in [-0.1, -0.05) is 0 Å². The molecule has 0 aliphatic carbocycles. The van der Waals surface area contributed by atoms with Crippen LogP contribution < -0.4 is 5.32 Å². The molecule has 0 spiro atoms. The summed E-state index contributed by atoms with van der Waals surface area (Å²) in [6.45, 7) is 1.86. The highest BCUT2D eigenvalue weighted by atomic mass is 16.5. The fourth-order valence-corrected chi connectivity index (χ4v) is 1.67. The molecule has 5 nitrogen and oxygen atoms in total. The maximum Gasteiger partial charge on any atom is 0.223 e. The number of hydrogen-bond donors (Lipinski definition) is 2. The van der Waals surface area contributed by atoms with Crippen molar-refractivity contribution in [2.24, 2.45) is 5.92 Å². The summed E-state index contributed by atoms with van der Waals surface area (Å²) in [5.74, 6) is 0.999. The molecule has 1 aromatic rings. The number of carbonyl (C=O) groups is 1. The zero-order valence-corrected chi connectivity index (χ0v) is 8.53. The van der Waals surface area contributed by atoms with E-state index in [4.69, 9.17) is 4.74 Å². The number of aromatic amines is 1. The quantitative estimate of drug-likeness (QED) is 0.759. The minimum Gasteiger partial charge on any atom is -0.381 e. The van der Waals surface area contributed by atoms with Crippen molar-refractivity contribution >= 4 is 5.91 Å². The summed E-state index contributed by atoms with van der Waals surface area (Å²) < 4.78 is 5.20. The van der Waals surface area contributed by atoms with E-state index in [1.807, 2.05) is 0 Å². The maximum absolute atomic E-state index is 11.7. The van der Waals surface area contributed by atoms with E-state index >= 15 is 0 Å². The van der Waals surface area contributed by atoms with Crippen LogP contribution in [0.1, 0.15) is 18.7 Å². The predicted molar refractivity (Wildman–Crippen MR) is 54.0 cm³/mol. The van der Waals surface area contributed by atoms with Gasteiger partial charge >= 0.3 is 0 Å². The van der Waals surface area contributed by atoms with E-state index in [1.54, 1.807) is 12.4 Å². The molecule has 0 aromatic carbocycles. The maximum atomic E-state index is 11.7. The Morgan fingerprint density at radius 1 is 1.60 bits per heavy atom. The Bertz CT molecular complexity index is 304.